The summed E-state index contributed by atoms with van der Waals surface area (Å²) < 4.78 is 0. The van der Waals surface area contributed by atoms with E-state index in [0.717, 1.165) is 15.0 Å². The number of hydrogen-bond acceptors (Lipinski definition) is 0. The number of hydrogen-bond donors (Lipinski definition) is 0. The van der Waals surface area contributed by atoms with Crippen molar-refractivity contribution in [1.82, 2.24) is 0 Å². The van der Waals surface area contributed by atoms with E-state index in [0.29, 0.717) is 0 Å². The van der Waals surface area contributed by atoms with Crippen LogP contribution in [0.15, 0.2) is 36.4 Å². The first-order valence-corrected chi connectivity index (χ1v) is 6.56. The van der Waals surface area contributed by atoms with Crippen LogP contribution < -0.4 is 0 Å². The molecular formula is C10H12Se. The van der Waals surface area contributed by atoms with E-state index in [1.165, 1.54) is 10.9 Å². The summed E-state index contributed by atoms with van der Waals surface area (Å²) in [5, 5.41) is 1.24. The third-order valence-electron chi connectivity index (χ3n) is 1.37. The van der Waals surface area contributed by atoms with Crippen LogP contribution in [0.1, 0.15) is 5.56 Å². The molecule has 0 fully saturated rings. The molecule has 0 nitrogen and oxygen atoms in total. The SMILES string of the molecule is C[Se]CC=Cc1ccccc1. The summed E-state index contributed by atoms with van der Waals surface area (Å²) in [6.45, 7) is 0. The molecular weight excluding hydrogens is 199 g/mol. The fourth-order valence-corrected chi connectivity index (χ4v) is 1.45. The van der Waals surface area contributed by atoms with Crippen LogP contribution in [0.4, 0.5) is 0 Å². The van der Waals surface area contributed by atoms with Crippen molar-refractivity contribution in [3.63, 3.8) is 0 Å². The predicted molar refractivity (Wildman–Crippen MR) is 51.9 cm³/mol. The summed E-state index contributed by atoms with van der Waals surface area (Å²) in [4.78, 5) is 0. The van der Waals surface area contributed by atoms with Gasteiger partial charge in [0.1, 0.15) is 0 Å². The van der Waals surface area contributed by atoms with E-state index >= 15 is 0 Å². The summed E-state index contributed by atoms with van der Waals surface area (Å²) in [5.41, 5.74) is 1.30. The third-order valence-corrected chi connectivity index (χ3v) is 2.48. The maximum absolute atomic E-state index is 2.25. The molecule has 0 spiro atoms. The molecule has 1 heteroatoms. The van der Waals surface area contributed by atoms with Gasteiger partial charge in [0, 0.05) is 0 Å². The second kappa shape index (κ2) is 5.17. The van der Waals surface area contributed by atoms with Crippen LogP contribution >= 0.6 is 0 Å². The summed E-state index contributed by atoms with van der Waals surface area (Å²) >= 11 is 0.769. The van der Waals surface area contributed by atoms with Crippen LogP contribution in [0.5, 0.6) is 0 Å². The van der Waals surface area contributed by atoms with Crippen molar-refractivity contribution >= 4 is 21.0 Å². The standard InChI is InChI=1S/C10H12Se/c1-11-9-5-8-10-6-3-2-4-7-10/h2-8H,9H2,1H3. The van der Waals surface area contributed by atoms with Crippen LogP contribution in [-0.2, 0) is 0 Å². The summed E-state index contributed by atoms with van der Waals surface area (Å²) in [6.07, 6.45) is 4.43. The fraction of sp³-hybridized carbons (Fsp3) is 0.200. The van der Waals surface area contributed by atoms with Gasteiger partial charge in [-0.1, -0.05) is 0 Å². The molecule has 0 N–H and O–H groups in total. The Labute approximate surface area is 74.5 Å². The normalized spacial score (nSPS) is 10.6. The quantitative estimate of drug-likeness (QED) is 0.674. The monoisotopic (exact) mass is 212 g/mol. The van der Waals surface area contributed by atoms with Gasteiger partial charge in [0.25, 0.3) is 0 Å². The minimum atomic E-state index is 0.769. The van der Waals surface area contributed by atoms with E-state index in [2.05, 4.69) is 42.2 Å². The van der Waals surface area contributed by atoms with Crippen LogP contribution in [0.25, 0.3) is 6.08 Å². The van der Waals surface area contributed by atoms with E-state index in [4.69, 9.17) is 0 Å². The zero-order valence-electron chi connectivity index (χ0n) is 6.66. The third kappa shape index (κ3) is 3.41. The molecule has 0 saturated heterocycles. The molecule has 11 heavy (non-hydrogen) atoms. The summed E-state index contributed by atoms with van der Waals surface area (Å²) in [7, 11) is 0. The second-order valence-corrected chi connectivity index (χ2v) is 4.18. The maximum atomic E-state index is 2.25. The van der Waals surface area contributed by atoms with E-state index in [-0.39, 0.29) is 0 Å². The number of rotatable bonds is 3. The van der Waals surface area contributed by atoms with Crippen molar-refractivity contribution in [3.05, 3.63) is 42.0 Å². The van der Waals surface area contributed by atoms with Crippen LogP contribution in [0.3, 0.4) is 0 Å². The van der Waals surface area contributed by atoms with Crippen molar-refractivity contribution in [2.75, 3.05) is 0 Å². The Bertz CT molecular complexity index is 214. The fourth-order valence-electron chi connectivity index (χ4n) is 0.845. The Morgan fingerprint density at radius 2 is 2.00 bits per heavy atom. The average Bonchev–Trinajstić information content (AvgIpc) is 2.07. The van der Waals surface area contributed by atoms with Gasteiger partial charge in [-0.15, -0.1) is 0 Å². The van der Waals surface area contributed by atoms with E-state index in [9.17, 15) is 0 Å². The van der Waals surface area contributed by atoms with Gasteiger partial charge in [-0.2, -0.15) is 0 Å². The first-order chi connectivity index (χ1) is 5.43. The zero-order chi connectivity index (χ0) is 7.94. The molecule has 1 aromatic carbocycles. The topological polar surface area (TPSA) is 0 Å². The molecule has 58 valence electrons. The van der Waals surface area contributed by atoms with Gasteiger partial charge >= 0.3 is 74.1 Å². The Morgan fingerprint density at radius 1 is 1.27 bits per heavy atom. The Hall–Kier alpha value is -0.521. The van der Waals surface area contributed by atoms with E-state index < -0.39 is 0 Å². The van der Waals surface area contributed by atoms with E-state index in [1.807, 2.05) is 6.07 Å². The number of benzene rings is 1. The summed E-state index contributed by atoms with van der Waals surface area (Å²) in [5.74, 6) is 2.25. The van der Waals surface area contributed by atoms with Gasteiger partial charge in [0.15, 0.2) is 0 Å². The first kappa shape index (κ1) is 8.57. The molecule has 0 aliphatic carbocycles. The summed E-state index contributed by atoms with van der Waals surface area (Å²) in [6, 6.07) is 10.4. The molecule has 0 aliphatic heterocycles. The van der Waals surface area contributed by atoms with Gasteiger partial charge in [0.2, 0.25) is 0 Å². The Balaban J connectivity index is 2.50. The molecule has 1 rings (SSSR count). The molecule has 0 unspecified atom stereocenters. The molecule has 0 heterocycles. The van der Waals surface area contributed by atoms with Crippen LogP contribution in [0.2, 0.25) is 11.1 Å². The Morgan fingerprint density at radius 3 is 2.64 bits per heavy atom. The minimum absolute atomic E-state index is 0.769. The Kier molecular flexibility index (Phi) is 4.03. The molecule has 0 saturated carbocycles. The molecule has 0 atom stereocenters. The molecule has 0 aromatic heterocycles. The zero-order valence-corrected chi connectivity index (χ0v) is 8.37. The molecule has 0 bridgehead atoms. The van der Waals surface area contributed by atoms with Crippen LogP contribution in [-0.4, -0.2) is 15.0 Å². The van der Waals surface area contributed by atoms with Crippen LogP contribution in [0, 0.1) is 0 Å². The van der Waals surface area contributed by atoms with Gasteiger partial charge in [0.05, 0.1) is 0 Å². The van der Waals surface area contributed by atoms with Gasteiger partial charge < -0.3 is 0 Å². The van der Waals surface area contributed by atoms with Crippen molar-refractivity contribution in [1.29, 1.82) is 0 Å². The van der Waals surface area contributed by atoms with Gasteiger partial charge in [-0.25, -0.2) is 0 Å². The van der Waals surface area contributed by atoms with Crippen molar-refractivity contribution in [2.24, 2.45) is 0 Å². The van der Waals surface area contributed by atoms with Crippen molar-refractivity contribution < 1.29 is 0 Å². The molecule has 0 aliphatic rings. The van der Waals surface area contributed by atoms with Crippen molar-refractivity contribution in [2.45, 2.75) is 11.1 Å². The molecule has 0 amide bonds. The number of allylic oxidation sites excluding steroid dienone is 1. The first-order valence-electron chi connectivity index (χ1n) is 3.64. The van der Waals surface area contributed by atoms with Crippen molar-refractivity contribution in [3.8, 4) is 0 Å². The van der Waals surface area contributed by atoms with Gasteiger partial charge in [-0.05, 0) is 0 Å². The molecule has 0 radical (unpaired) electrons. The average molecular weight is 211 g/mol. The molecule has 1 aromatic rings. The van der Waals surface area contributed by atoms with E-state index in [1.54, 1.807) is 0 Å². The second-order valence-electron chi connectivity index (χ2n) is 2.27. The van der Waals surface area contributed by atoms with Gasteiger partial charge in [-0.3, -0.25) is 0 Å². The predicted octanol–water partition coefficient (Wildman–Crippen LogP) is 2.87.